The van der Waals surface area contributed by atoms with Crippen LogP contribution < -0.4 is 10.1 Å². The molecule has 3 atom stereocenters. The summed E-state index contributed by atoms with van der Waals surface area (Å²) in [5.74, 6) is 0.725. The Bertz CT molecular complexity index is 541. The van der Waals surface area contributed by atoms with Gasteiger partial charge in [-0.15, -0.1) is 0 Å². The summed E-state index contributed by atoms with van der Waals surface area (Å²) in [6.45, 7) is 3.58. The number of hydrogen-bond donors (Lipinski definition) is 1. The molecule has 1 N–H and O–H groups in total. The van der Waals surface area contributed by atoms with Crippen molar-refractivity contribution in [3.63, 3.8) is 0 Å². The maximum Gasteiger partial charge on any atom is 0.248 e. The van der Waals surface area contributed by atoms with Gasteiger partial charge in [-0.3, -0.25) is 4.79 Å². The van der Waals surface area contributed by atoms with Crippen LogP contribution in [0.1, 0.15) is 37.8 Å². The van der Waals surface area contributed by atoms with Crippen molar-refractivity contribution in [3.8, 4) is 5.75 Å². The van der Waals surface area contributed by atoms with Gasteiger partial charge in [0.2, 0.25) is 5.91 Å². The average Bonchev–Trinajstić information content (AvgIpc) is 2.67. The van der Waals surface area contributed by atoms with Gasteiger partial charge in [0.05, 0.1) is 25.9 Å². The molecular weight excluding hydrogens is 332 g/mol. The monoisotopic (exact) mass is 364 g/mol. The van der Waals surface area contributed by atoms with Gasteiger partial charge in [0.15, 0.2) is 0 Å². The van der Waals surface area contributed by atoms with E-state index in [4.69, 9.17) is 14.2 Å². The van der Waals surface area contributed by atoms with Crippen LogP contribution in [0.5, 0.6) is 5.75 Å². The van der Waals surface area contributed by atoms with Crippen molar-refractivity contribution in [2.45, 2.75) is 44.4 Å². The van der Waals surface area contributed by atoms with Crippen molar-refractivity contribution >= 4 is 5.91 Å². The fourth-order valence-corrected chi connectivity index (χ4v) is 3.03. The second-order valence-corrected chi connectivity index (χ2v) is 6.96. The fourth-order valence-electron chi connectivity index (χ4n) is 3.03. The van der Waals surface area contributed by atoms with E-state index in [2.05, 4.69) is 10.2 Å². The van der Waals surface area contributed by atoms with E-state index >= 15 is 0 Å². The standard InChI is InChI=1S/C20H32N2O4/c1-15(26-14-18-7-5-6-12-25-18)20(23)21-13-19(22(2)3)16-8-10-17(24-4)11-9-16/h8-11,15,18-19H,5-7,12-14H2,1-4H3,(H,21,23). The molecule has 1 saturated heterocycles. The van der Waals surface area contributed by atoms with Gasteiger partial charge >= 0.3 is 0 Å². The number of amides is 1. The highest BCUT2D eigenvalue weighted by atomic mass is 16.5. The zero-order valence-corrected chi connectivity index (χ0v) is 16.4. The highest BCUT2D eigenvalue weighted by molar-refractivity contribution is 5.80. The molecule has 26 heavy (non-hydrogen) atoms. The van der Waals surface area contributed by atoms with Crippen LogP contribution in [0.2, 0.25) is 0 Å². The molecule has 2 rings (SSSR count). The summed E-state index contributed by atoms with van der Waals surface area (Å²) in [6.07, 6.45) is 2.92. The lowest BCUT2D eigenvalue weighted by atomic mass is 10.1. The normalized spacial score (nSPS) is 19.8. The fraction of sp³-hybridized carbons (Fsp3) is 0.650. The Kier molecular flexibility index (Phi) is 8.35. The number of likely N-dealkylation sites (N-methyl/N-ethyl adjacent to an activating group) is 1. The summed E-state index contributed by atoms with van der Waals surface area (Å²) in [6, 6.07) is 8.00. The number of carbonyl (C=O) groups is 1. The summed E-state index contributed by atoms with van der Waals surface area (Å²) >= 11 is 0. The highest BCUT2D eigenvalue weighted by Gasteiger charge is 2.21. The number of carbonyl (C=O) groups excluding carboxylic acids is 1. The number of benzene rings is 1. The maximum atomic E-state index is 12.4. The summed E-state index contributed by atoms with van der Waals surface area (Å²) < 4.78 is 16.6. The van der Waals surface area contributed by atoms with E-state index < -0.39 is 6.10 Å². The third kappa shape index (κ3) is 6.27. The first-order valence-corrected chi connectivity index (χ1v) is 9.32. The van der Waals surface area contributed by atoms with Gasteiger partial charge in [0.1, 0.15) is 11.9 Å². The first-order valence-electron chi connectivity index (χ1n) is 9.32. The molecule has 1 aromatic carbocycles. The lowest BCUT2D eigenvalue weighted by Crippen LogP contribution is -2.41. The van der Waals surface area contributed by atoms with Crippen LogP contribution in [-0.2, 0) is 14.3 Å². The van der Waals surface area contributed by atoms with Gasteiger partial charge < -0.3 is 24.4 Å². The van der Waals surface area contributed by atoms with Gasteiger partial charge in [-0.2, -0.15) is 0 Å². The van der Waals surface area contributed by atoms with Crippen LogP contribution in [0.4, 0.5) is 0 Å². The highest BCUT2D eigenvalue weighted by Crippen LogP contribution is 2.21. The molecule has 0 radical (unpaired) electrons. The summed E-state index contributed by atoms with van der Waals surface area (Å²) in [5, 5.41) is 3.00. The van der Waals surface area contributed by atoms with Crippen molar-refractivity contribution in [1.29, 1.82) is 0 Å². The van der Waals surface area contributed by atoms with E-state index in [0.29, 0.717) is 13.2 Å². The molecule has 146 valence electrons. The number of ether oxygens (including phenoxy) is 3. The van der Waals surface area contributed by atoms with E-state index in [9.17, 15) is 4.79 Å². The van der Waals surface area contributed by atoms with E-state index in [-0.39, 0.29) is 18.1 Å². The molecule has 1 heterocycles. The number of nitrogens with one attached hydrogen (secondary N) is 1. The van der Waals surface area contributed by atoms with Gasteiger partial charge in [0.25, 0.3) is 0 Å². The molecule has 1 amide bonds. The molecule has 0 aliphatic carbocycles. The van der Waals surface area contributed by atoms with Gasteiger partial charge in [-0.1, -0.05) is 12.1 Å². The minimum absolute atomic E-state index is 0.0822. The molecule has 0 spiro atoms. The Balaban J connectivity index is 1.81. The van der Waals surface area contributed by atoms with Crippen molar-refractivity contribution in [3.05, 3.63) is 29.8 Å². The predicted molar refractivity (Wildman–Crippen MR) is 101 cm³/mol. The Hall–Kier alpha value is -1.63. The number of hydrogen-bond acceptors (Lipinski definition) is 5. The molecule has 0 aromatic heterocycles. The minimum Gasteiger partial charge on any atom is -0.497 e. The Morgan fingerprint density at radius 2 is 2.04 bits per heavy atom. The third-order valence-corrected chi connectivity index (χ3v) is 4.77. The first kappa shape index (κ1) is 20.7. The summed E-state index contributed by atoms with van der Waals surface area (Å²) in [4.78, 5) is 14.4. The molecule has 1 fully saturated rings. The van der Waals surface area contributed by atoms with Gasteiger partial charge in [-0.05, 0) is 58.0 Å². The maximum absolute atomic E-state index is 12.4. The molecule has 0 bridgehead atoms. The smallest absolute Gasteiger partial charge is 0.248 e. The van der Waals surface area contributed by atoms with Crippen molar-refractivity contribution in [1.82, 2.24) is 10.2 Å². The Morgan fingerprint density at radius 1 is 1.31 bits per heavy atom. The molecule has 1 aliphatic rings. The van der Waals surface area contributed by atoms with Crippen LogP contribution in [-0.4, -0.2) is 64.0 Å². The number of rotatable bonds is 9. The van der Waals surface area contributed by atoms with Crippen molar-refractivity contribution < 1.29 is 19.0 Å². The van der Waals surface area contributed by atoms with Gasteiger partial charge in [0, 0.05) is 13.2 Å². The quantitative estimate of drug-likeness (QED) is 0.729. The Morgan fingerprint density at radius 3 is 2.62 bits per heavy atom. The van der Waals surface area contributed by atoms with E-state index in [1.807, 2.05) is 38.4 Å². The molecule has 1 aliphatic heterocycles. The number of methoxy groups -OCH3 is 1. The van der Waals surface area contributed by atoms with Crippen LogP contribution >= 0.6 is 0 Å². The van der Waals surface area contributed by atoms with Crippen molar-refractivity contribution in [2.75, 3.05) is 41.0 Å². The molecule has 6 nitrogen and oxygen atoms in total. The van der Waals surface area contributed by atoms with Crippen LogP contribution in [0.15, 0.2) is 24.3 Å². The van der Waals surface area contributed by atoms with E-state index in [0.717, 1.165) is 30.8 Å². The zero-order chi connectivity index (χ0) is 18.9. The SMILES string of the molecule is COc1ccc(C(CNC(=O)C(C)OCC2CCCCO2)N(C)C)cc1. The van der Waals surface area contributed by atoms with E-state index in [1.54, 1.807) is 14.0 Å². The lowest BCUT2D eigenvalue weighted by Gasteiger charge is -2.27. The van der Waals surface area contributed by atoms with Crippen LogP contribution in [0.25, 0.3) is 0 Å². The van der Waals surface area contributed by atoms with Gasteiger partial charge in [-0.25, -0.2) is 0 Å². The van der Waals surface area contributed by atoms with Crippen LogP contribution in [0.3, 0.4) is 0 Å². The second kappa shape index (κ2) is 10.5. The largest absolute Gasteiger partial charge is 0.497 e. The molecule has 0 saturated carbocycles. The van der Waals surface area contributed by atoms with Crippen molar-refractivity contribution in [2.24, 2.45) is 0 Å². The van der Waals surface area contributed by atoms with E-state index in [1.165, 1.54) is 6.42 Å². The lowest BCUT2D eigenvalue weighted by molar-refractivity contribution is -0.135. The third-order valence-electron chi connectivity index (χ3n) is 4.77. The number of nitrogens with zero attached hydrogens (tertiary/aromatic N) is 1. The summed E-state index contributed by atoms with van der Waals surface area (Å²) in [5.41, 5.74) is 1.13. The Labute approximate surface area is 156 Å². The molecule has 3 unspecified atom stereocenters. The zero-order valence-electron chi connectivity index (χ0n) is 16.4. The second-order valence-electron chi connectivity index (χ2n) is 6.96. The topological polar surface area (TPSA) is 60.0 Å². The molecule has 6 heteroatoms. The minimum atomic E-state index is -0.487. The average molecular weight is 364 g/mol. The first-order chi connectivity index (χ1) is 12.5. The summed E-state index contributed by atoms with van der Waals surface area (Å²) in [7, 11) is 5.65. The molecular formula is C20H32N2O4. The predicted octanol–water partition coefficient (Wildman–Crippen LogP) is 2.39. The van der Waals surface area contributed by atoms with Crippen LogP contribution in [0, 0.1) is 0 Å². The molecule has 1 aromatic rings.